The number of pyridine rings is 2. The highest BCUT2D eigenvalue weighted by molar-refractivity contribution is 5.95. The van der Waals surface area contributed by atoms with Gasteiger partial charge < -0.3 is 24.8 Å². The number of carbonyl (C=O) groups excluding carboxylic acids is 3. The Hall–Kier alpha value is -5.07. The molecule has 13 heteroatoms. The van der Waals surface area contributed by atoms with Gasteiger partial charge in [0.1, 0.15) is 35.2 Å². The van der Waals surface area contributed by atoms with Crippen LogP contribution in [0, 0.1) is 25.5 Å². The minimum atomic E-state index is -0.908. The number of esters is 1. The monoisotopic (exact) mass is 623 g/mol. The van der Waals surface area contributed by atoms with Crippen molar-refractivity contribution in [1.29, 1.82) is 0 Å². The summed E-state index contributed by atoms with van der Waals surface area (Å²) < 4.78 is 46.2. The lowest BCUT2D eigenvalue weighted by molar-refractivity contribution is 0.0506. The fourth-order valence-corrected chi connectivity index (χ4v) is 4.48. The first-order valence-electron chi connectivity index (χ1n) is 14.2. The molecule has 0 aliphatic heterocycles. The third kappa shape index (κ3) is 8.11. The fourth-order valence-electron chi connectivity index (χ4n) is 4.48. The second-order valence-electron chi connectivity index (χ2n) is 11.2. The van der Waals surface area contributed by atoms with Gasteiger partial charge in [0.2, 0.25) is 0 Å². The van der Waals surface area contributed by atoms with Crippen LogP contribution in [0.25, 0.3) is 5.65 Å². The molecule has 4 rings (SSSR count). The van der Waals surface area contributed by atoms with Gasteiger partial charge in [-0.3, -0.25) is 9.20 Å². The summed E-state index contributed by atoms with van der Waals surface area (Å²) in [6.45, 7) is 9.85. The molecule has 0 aliphatic rings. The van der Waals surface area contributed by atoms with Gasteiger partial charge in [-0.1, -0.05) is 12.1 Å². The molecule has 0 aliphatic carbocycles. The Morgan fingerprint density at radius 1 is 1.02 bits per heavy atom. The first-order valence-corrected chi connectivity index (χ1v) is 14.2. The lowest BCUT2D eigenvalue weighted by atomic mass is 10.1. The molecule has 0 spiro atoms. The normalized spacial score (nSPS) is 12.0. The molecule has 0 radical (unpaired) electrons. The molecule has 1 atom stereocenters. The van der Waals surface area contributed by atoms with Crippen molar-refractivity contribution in [3.05, 3.63) is 94.2 Å². The van der Waals surface area contributed by atoms with Crippen molar-refractivity contribution in [2.24, 2.45) is 0 Å². The molecule has 11 nitrogen and oxygen atoms in total. The van der Waals surface area contributed by atoms with Gasteiger partial charge in [0.05, 0.1) is 29.6 Å². The van der Waals surface area contributed by atoms with Gasteiger partial charge in [-0.15, -0.1) is 0 Å². The second kappa shape index (κ2) is 13.7. The number of halogens is 2. The number of hydrogen-bond donors (Lipinski definition) is 2. The number of nitrogens with zero attached hydrogens (tertiary/aromatic N) is 3. The van der Waals surface area contributed by atoms with E-state index in [1.54, 1.807) is 65.9 Å². The average Bonchev–Trinajstić information content (AvgIpc) is 3.29. The Balaban J connectivity index is 1.66. The Morgan fingerprint density at radius 3 is 2.38 bits per heavy atom. The Morgan fingerprint density at radius 2 is 1.71 bits per heavy atom. The number of alkyl carbamates (subject to hydrolysis) is 1. The first-order chi connectivity index (χ1) is 21.3. The zero-order valence-electron chi connectivity index (χ0n) is 25.9. The fraction of sp³-hybridized carbons (Fsp3) is 0.344. The van der Waals surface area contributed by atoms with Crippen molar-refractivity contribution in [3.63, 3.8) is 0 Å². The van der Waals surface area contributed by atoms with Crippen LogP contribution < -0.4 is 15.4 Å². The van der Waals surface area contributed by atoms with Crippen LogP contribution in [-0.2, 0) is 16.1 Å². The van der Waals surface area contributed by atoms with E-state index in [1.807, 2.05) is 0 Å². The molecule has 3 aromatic heterocycles. The van der Waals surface area contributed by atoms with Gasteiger partial charge in [-0.2, -0.15) is 0 Å². The van der Waals surface area contributed by atoms with E-state index < -0.39 is 47.9 Å². The van der Waals surface area contributed by atoms with E-state index in [0.717, 1.165) is 12.1 Å². The maximum absolute atomic E-state index is 14.2. The molecular weight excluding hydrogens is 588 g/mol. The molecule has 0 fully saturated rings. The first kappa shape index (κ1) is 32.8. The van der Waals surface area contributed by atoms with Gasteiger partial charge >= 0.3 is 12.1 Å². The predicted octanol–water partition coefficient (Wildman–Crippen LogP) is 5.38. The number of hydrogen-bond acceptors (Lipinski definition) is 8. The molecule has 45 heavy (non-hydrogen) atoms. The van der Waals surface area contributed by atoms with Crippen molar-refractivity contribution >= 4 is 23.6 Å². The van der Waals surface area contributed by atoms with Crippen molar-refractivity contribution in [2.75, 3.05) is 13.2 Å². The van der Waals surface area contributed by atoms with Crippen LogP contribution in [0.1, 0.15) is 77.2 Å². The zero-order valence-corrected chi connectivity index (χ0v) is 25.9. The molecule has 0 saturated heterocycles. The summed E-state index contributed by atoms with van der Waals surface area (Å²) in [5.41, 5.74) is 0.747. The van der Waals surface area contributed by atoms with Crippen molar-refractivity contribution < 1.29 is 37.4 Å². The van der Waals surface area contributed by atoms with Gasteiger partial charge in [-0.05, 0) is 77.4 Å². The second-order valence-corrected chi connectivity index (χ2v) is 11.2. The highest BCUT2D eigenvalue weighted by Gasteiger charge is 2.26. The molecule has 4 aromatic rings. The number of fused-ring (bicyclic) bond motifs is 1. The highest BCUT2D eigenvalue weighted by atomic mass is 19.1. The van der Waals surface area contributed by atoms with Crippen LogP contribution >= 0.6 is 0 Å². The van der Waals surface area contributed by atoms with E-state index in [0.29, 0.717) is 11.3 Å². The van der Waals surface area contributed by atoms with Crippen molar-refractivity contribution in [1.82, 2.24) is 25.0 Å². The number of nitrogens with one attached hydrogen (secondary N) is 2. The maximum Gasteiger partial charge on any atom is 0.407 e. The number of amides is 2. The summed E-state index contributed by atoms with van der Waals surface area (Å²) in [4.78, 5) is 47.5. The van der Waals surface area contributed by atoms with Crippen LogP contribution in [-0.4, -0.2) is 51.1 Å². The molecular formula is C32H35F2N5O6. The molecule has 3 heterocycles. The molecule has 2 N–H and O–H groups in total. The number of imidazole rings is 1. The number of benzene rings is 1. The lowest BCUT2D eigenvalue weighted by Crippen LogP contribution is -2.41. The quantitative estimate of drug-likeness (QED) is 0.225. The van der Waals surface area contributed by atoms with Crippen molar-refractivity contribution in [2.45, 2.75) is 59.8 Å². The lowest BCUT2D eigenvalue weighted by Gasteiger charge is -2.23. The molecule has 2 amide bonds. The van der Waals surface area contributed by atoms with Crippen LogP contribution in [0.5, 0.6) is 5.75 Å². The number of carbonyl (C=O) groups is 3. The summed E-state index contributed by atoms with van der Waals surface area (Å²) in [7, 11) is 0. The minimum absolute atomic E-state index is 0.0283. The smallest absolute Gasteiger partial charge is 0.407 e. The minimum Gasteiger partial charge on any atom is -0.485 e. The molecule has 0 saturated carbocycles. The summed E-state index contributed by atoms with van der Waals surface area (Å²) in [6.07, 6.45) is 0.965. The van der Waals surface area contributed by atoms with E-state index in [4.69, 9.17) is 14.2 Å². The number of rotatable bonds is 10. The van der Waals surface area contributed by atoms with Crippen LogP contribution in [0.4, 0.5) is 13.6 Å². The topological polar surface area (TPSA) is 133 Å². The maximum atomic E-state index is 14.2. The van der Waals surface area contributed by atoms with Gasteiger partial charge in [0, 0.05) is 12.7 Å². The third-order valence-corrected chi connectivity index (χ3v) is 6.41. The SMILES string of the molecule is CCOC(=O)c1cccc(C(CNC(=O)OC(C)(C)C)NC(=O)c2c(C)nc3c(OCc4c(F)cccc4F)cc(C)cn23)n1. The number of aryl methyl sites for hydroxylation is 2. The van der Waals surface area contributed by atoms with Crippen molar-refractivity contribution in [3.8, 4) is 5.75 Å². The number of aromatic nitrogens is 3. The largest absolute Gasteiger partial charge is 0.485 e. The average molecular weight is 624 g/mol. The summed E-state index contributed by atoms with van der Waals surface area (Å²) >= 11 is 0. The zero-order chi connectivity index (χ0) is 32.9. The van der Waals surface area contributed by atoms with E-state index in [9.17, 15) is 23.2 Å². The molecule has 1 aromatic carbocycles. The van der Waals surface area contributed by atoms with Gasteiger partial charge in [0.15, 0.2) is 11.4 Å². The molecule has 0 bridgehead atoms. The summed E-state index contributed by atoms with van der Waals surface area (Å²) in [5, 5.41) is 5.51. The van der Waals surface area contributed by atoms with E-state index in [1.165, 1.54) is 16.5 Å². The van der Waals surface area contributed by atoms with Crippen LogP contribution in [0.3, 0.4) is 0 Å². The van der Waals surface area contributed by atoms with Crippen LogP contribution in [0.15, 0.2) is 48.7 Å². The Kier molecular flexibility index (Phi) is 10.00. The summed E-state index contributed by atoms with van der Waals surface area (Å²) in [6, 6.07) is 8.96. The van der Waals surface area contributed by atoms with Crippen LogP contribution in [0.2, 0.25) is 0 Å². The van der Waals surface area contributed by atoms with Gasteiger partial charge in [-0.25, -0.2) is 28.3 Å². The predicted molar refractivity (Wildman–Crippen MR) is 160 cm³/mol. The molecule has 1 unspecified atom stereocenters. The number of ether oxygens (including phenoxy) is 3. The molecule has 238 valence electrons. The van der Waals surface area contributed by atoms with E-state index in [2.05, 4.69) is 20.6 Å². The third-order valence-electron chi connectivity index (χ3n) is 6.41. The Labute approximate surface area is 258 Å². The summed E-state index contributed by atoms with van der Waals surface area (Å²) in [5.74, 6) is -2.49. The highest BCUT2D eigenvalue weighted by Crippen LogP contribution is 2.26. The van der Waals surface area contributed by atoms with E-state index >= 15 is 0 Å². The van der Waals surface area contributed by atoms with Gasteiger partial charge in [0.25, 0.3) is 5.91 Å². The standard InChI is InChI=1S/C32H35F2N5O6/c1-7-43-30(41)24-13-9-12-23(37-24)25(15-35-31(42)45-32(4,5)6)38-29(40)27-19(3)36-28-26(14-18(2)16-39(27)28)44-17-20-21(33)10-8-11-22(20)34/h8-14,16,25H,7,15,17H2,1-6H3,(H,35,42)(H,38,40). The Bertz CT molecular complexity index is 1710. The van der Waals surface area contributed by atoms with E-state index in [-0.39, 0.29) is 47.2 Å².